The first-order valence-corrected chi connectivity index (χ1v) is 15.9. The minimum absolute atomic E-state index is 0. The van der Waals surface area contributed by atoms with E-state index in [1.165, 1.54) is 0 Å². The van der Waals surface area contributed by atoms with Crippen molar-refractivity contribution in [1.82, 2.24) is 35.2 Å². The maximum Gasteiger partial charge on any atom is 0.251 e. The van der Waals surface area contributed by atoms with Gasteiger partial charge < -0.3 is 27.5 Å². The van der Waals surface area contributed by atoms with Gasteiger partial charge in [-0.2, -0.15) is 0 Å². The molecule has 6 heterocycles. The van der Waals surface area contributed by atoms with Crippen LogP contribution in [0.1, 0.15) is 62.7 Å². The van der Waals surface area contributed by atoms with Gasteiger partial charge in [-0.1, -0.05) is 13.5 Å². The molecule has 6 rings (SSSR count). The maximum absolute atomic E-state index is 12.7. The molecular weight excluding hydrogens is 715 g/mol. The number of anilines is 3. The maximum atomic E-state index is 12.7. The Morgan fingerprint density at radius 1 is 0.812 bits per heavy atom. The number of aromatic amines is 1. The second-order valence-corrected chi connectivity index (χ2v) is 12.4. The standard InChI is InChI=1S/C23H24N6O.C6H7IN2.C6H8N2.CH4/c1-13-6-17-9-19(29-22(17)26-11-13)10-18-8-16(4-5-25-18)23(30)27-12-20-14(2)7-21(24)28-15(20)3;1-4-2-5(7)6(8)9-3-4;1-5-2-3-6(7)8-4-5;/h4-9,11H,10,12H2,1-3H3,(H2,24,28)(H,26,29)(H,27,30);2-3H,1H3,(H2,8,9);2-4H,1H3,(H2,7,8);1H4. The number of fused-ring (bicyclic) bond motifs is 1. The molecule has 0 bridgehead atoms. The molecule has 6 aromatic rings. The van der Waals surface area contributed by atoms with E-state index in [4.69, 9.17) is 17.2 Å². The molecule has 0 atom stereocenters. The molecule has 12 heteroatoms. The second-order valence-electron chi connectivity index (χ2n) is 11.2. The first kappa shape index (κ1) is 37.3. The van der Waals surface area contributed by atoms with E-state index in [1.807, 2.05) is 65.1 Å². The van der Waals surface area contributed by atoms with Crippen LogP contribution >= 0.6 is 22.6 Å². The van der Waals surface area contributed by atoms with Crippen molar-refractivity contribution in [2.45, 2.75) is 55.0 Å². The Hall–Kier alpha value is -5.11. The number of hydrogen-bond acceptors (Lipinski definition) is 9. The van der Waals surface area contributed by atoms with Gasteiger partial charge >= 0.3 is 0 Å². The molecule has 0 saturated carbocycles. The molecule has 6 aromatic heterocycles. The molecule has 8 N–H and O–H groups in total. The van der Waals surface area contributed by atoms with Crippen molar-refractivity contribution in [3.8, 4) is 0 Å². The molecular formula is C36H43IN10O. The molecule has 0 saturated heterocycles. The summed E-state index contributed by atoms with van der Waals surface area (Å²) in [7, 11) is 0. The van der Waals surface area contributed by atoms with Crippen molar-refractivity contribution < 1.29 is 4.79 Å². The van der Waals surface area contributed by atoms with Crippen molar-refractivity contribution in [2.75, 3.05) is 17.2 Å². The monoisotopic (exact) mass is 758 g/mol. The van der Waals surface area contributed by atoms with Crippen molar-refractivity contribution in [1.29, 1.82) is 0 Å². The lowest BCUT2D eigenvalue weighted by atomic mass is 10.1. The van der Waals surface area contributed by atoms with E-state index in [9.17, 15) is 4.79 Å². The van der Waals surface area contributed by atoms with Crippen molar-refractivity contribution in [3.05, 3.63) is 127 Å². The number of amides is 1. The van der Waals surface area contributed by atoms with Gasteiger partial charge in [-0.25, -0.2) is 19.9 Å². The van der Waals surface area contributed by atoms with E-state index in [2.05, 4.69) is 69.9 Å². The van der Waals surface area contributed by atoms with Gasteiger partial charge in [0.1, 0.15) is 23.1 Å². The Morgan fingerprint density at radius 2 is 1.52 bits per heavy atom. The number of nitrogens with zero attached hydrogens (tertiary/aromatic N) is 5. The van der Waals surface area contributed by atoms with E-state index in [1.54, 1.807) is 30.7 Å². The number of hydrogen-bond donors (Lipinski definition) is 5. The molecule has 0 aliphatic heterocycles. The number of rotatable bonds is 5. The lowest BCUT2D eigenvalue weighted by molar-refractivity contribution is 0.0950. The van der Waals surface area contributed by atoms with Gasteiger partial charge in [-0.05, 0) is 127 Å². The van der Waals surface area contributed by atoms with Crippen molar-refractivity contribution in [3.63, 3.8) is 0 Å². The quantitative estimate of drug-likeness (QED) is 0.121. The summed E-state index contributed by atoms with van der Waals surface area (Å²) in [6.45, 7) is 10.3. The number of nitrogens with one attached hydrogen (secondary N) is 2. The van der Waals surface area contributed by atoms with Gasteiger partial charge in [0.2, 0.25) is 0 Å². The topological polar surface area (TPSA) is 187 Å². The molecule has 0 aliphatic rings. The fourth-order valence-corrected chi connectivity index (χ4v) is 5.27. The predicted molar refractivity (Wildman–Crippen MR) is 203 cm³/mol. The molecule has 0 aliphatic carbocycles. The first-order valence-electron chi connectivity index (χ1n) is 14.8. The zero-order valence-corrected chi connectivity index (χ0v) is 29.3. The van der Waals surface area contributed by atoms with Crippen LogP contribution in [0, 0.1) is 38.2 Å². The van der Waals surface area contributed by atoms with E-state index in [-0.39, 0.29) is 13.3 Å². The molecule has 0 fully saturated rings. The Morgan fingerprint density at radius 3 is 2.17 bits per heavy atom. The molecule has 0 spiro atoms. The van der Waals surface area contributed by atoms with E-state index in [0.29, 0.717) is 36.0 Å². The van der Waals surface area contributed by atoms with Crippen molar-refractivity contribution >= 4 is 57.0 Å². The third-order valence-corrected chi connectivity index (χ3v) is 7.92. The van der Waals surface area contributed by atoms with Crippen LogP contribution in [-0.2, 0) is 13.0 Å². The number of nitrogen functional groups attached to an aromatic ring is 3. The molecule has 0 aromatic carbocycles. The number of pyridine rings is 5. The largest absolute Gasteiger partial charge is 0.384 e. The van der Waals surface area contributed by atoms with Gasteiger partial charge in [0, 0.05) is 65.8 Å². The summed E-state index contributed by atoms with van der Waals surface area (Å²) in [4.78, 5) is 36.9. The highest BCUT2D eigenvalue weighted by Gasteiger charge is 2.11. The summed E-state index contributed by atoms with van der Waals surface area (Å²) in [6.07, 6.45) is 7.60. The van der Waals surface area contributed by atoms with Crippen LogP contribution in [0.5, 0.6) is 0 Å². The van der Waals surface area contributed by atoms with E-state index >= 15 is 0 Å². The summed E-state index contributed by atoms with van der Waals surface area (Å²) >= 11 is 2.16. The lowest BCUT2D eigenvalue weighted by Gasteiger charge is -2.12. The number of nitrogens with two attached hydrogens (primary N) is 3. The van der Waals surface area contributed by atoms with Gasteiger partial charge in [0.15, 0.2) is 0 Å². The number of H-pyrrole nitrogens is 1. The number of carbonyl (C=O) groups excluding carboxylic acids is 1. The molecule has 250 valence electrons. The van der Waals surface area contributed by atoms with Gasteiger partial charge in [0.05, 0.1) is 3.57 Å². The Labute approximate surface area is 295 Å². The SMILES string of the molecule is C.Cc1ccc(N)nc1.Cc1cnc(N)c(I)c1.Cc1cnc2[nH]c(Cc3cc(C(=O)NCc4c(C)cc(N)nc4C)ccn3)cc2c1. The zero-order valence-electron chi connectivity index (χ0n) is 27.1. The summed E-state index contributed by atoms with van der Waals surface area (Å²) in [5.41, 5.74) is 26.0. The number of aromatic nitrogens is 6. The van der Waals surface area contributed by atoms with Crippen LogP contribution in [0.25, 0.3) is 11.0 Å². The highest BCUT2D eigenvalue weighted by Crippen LogP contribution is 2.18. The number of halogens is 1. The predicted octanol–water partition coefficient (Wildman–Crippen LogP) is 6.57. The average Bonchev–Trinajstić information content (AvgIpc) is 3.42. The second kappa shape index (κ2) is 17.2. The fourth-order valence-electron chi connectivity index (χ4n) is 4.64. The summed E-state index contributed by atoms with van der Waals surface area (Å²) in [5, 5.41) is 4.04. The molecule has 11 nitrogen and oxygen atoms in total. The first-order chi connectivity index (χ1) is 22.4. The Balaban J connectivity index is 0.000000283. The Bertz CT molecular complexity index is 1950. The van der Waals surface area contributed by atoms with Crippen LogP contribution in [-0.4, -0.2) is 35.8 Å². The average molecular weight is 759 g/mol. The minimum atomic E-state index is -0.150. The fraction of sp³-hybridized carbons (Fsp3) is 0.222. The molecule has 48 heavy (non-hydrogen) atoms. The molecule has 1 amide bonds. The third kappa shape index (κ3) is 10.7. The minimum Gasteiger partial charge on any atom is -0.384 e. The van der Waals surface area contributed by atoms with Crippen LogP contribution in [0.3, 0.4) is 0 Å². The number of aryl methyl sites for hydroxylation is 5. The van der Waals surface area contributed by atoms with Gasteiger partial charge in [-0.15, -0.1) is 0 Å². The third-order valence-electron chi connectivity index (χ3n) is 7.05. The van der Waals surface area contributed by atoms with Crippen molar-refractivity contribution in [2.24, 2.45) is 0 Å². The number of carbonyl (C=O) groups is 1. The van der Waals surface area contributed by atoms with Gasteiger partial charge in [0.25, 0.3) is 5.91 Å². The van der Waals surface area contributed by atoms with E-state index in [0.717, 1.165) is 59.5 Å². The molecule has 0 unspecified atom stereocenters. The summed E-state index contributed by atoms with van der Waals surface area (Å²) < 4.78 is 1.02. The molecule has 0 radical (unpaired) electrons. The van der Waals surface area contributed by atoms with Crippen LogP contribution in [0.2, 0.25) is 0 Å². The Kier molecular flexibility index (Phi) is 13.4. The highest BCUT2D eigenvalue weighted by atomic mass is 127. The summed E-state index contributed by atoms with van der Waals surface area (Å²) in [6, 6.07) is 15.2. The van der Waals surface area contributed by atoms with Gasteiger partial charge in [-0.3, -0.25) is 9.78 Å². The lowest BCUT2D eigenvalue weighted by Crippen LogP contribution is -2.24. The van der Waals surface area contributed by atoms with Crippen LogP contribution < -0.4 is 22.5 Å². The summed E-state index contributed by atoms with van der Waals surface area (Å²) in [5.74, 6) is 1.53. The van der Waals surface area contributed by atoms with Crippen LogP contribution in [0.15, 0.2) is 73.3 Å². The zero-order chi connectivity index (χ0) is 34.1. The normalized spacial score (nSPS) is 10.2. The van der Waals surface area contributed by atoms with Crippen LogP contribution in [0.4, 0.5) is 17.5 Å². The highest BCUT2D eigenvalue weighted by molar-refractivity contribution is 14.1. The smallest absolute Gasteiger partial charge is 0.251 e. The van der Waals surface area contributed by atoms with E-state index < -0.39 is 0 Å².